The monoisotopic (exact) mass is 396 g/mol. The van der Waals surface area contributed by atoms with Gasteiger partial charge in [-0.2, -0.15) is 5.10 Å². The lowest BCUT2D eigenvalue weighted by molar-refractivity contribution is 0.202. The number of hydrogen-bond donors (Lipinski definition) is 0. The fourth-order valence-corrected chi connectivity index (χ4v) is 4.47. The molecule has 3 nitrogen and oxygen atoms in total. The van der Waals surface area contributed by atoms with Crippen LogP contribution in [0.5, 0.6) is 0 Å². The Labute approximate surface area is 179 Å². The van der Waals surface area contributed by atoms with Gasteiger partial charge in [-0.1, -0.05) is 91.0 Å². The number of hydrogen-bond acceptors (Lipinski definition) is 2. The molecule has 0 unspecified atom stereocenters. The van der Waals surface area contributed by atoms with E-state index in [1.165, 1.54) is 27.9 Å². The fraction of sp³-hybridized carbons (Fsp3) is 0.222. The topological polar surface area (TPSA) is 27.1 Å². The SMILES string of the molecule is COCCc1c(C)nn(C(c2ccccc2)(c2ccccc2)c2ccccc2)c1C. The number of ether oxygens (including phenoxy) is 1. The maximum absolute atomic E-state index is 5.37. The molecule has 0 radical (unpaired) electrons. The number of methoxy groups -OCH3 is 1. The molecule has 0 aliphatic heterocycles. The van der Waals surface area contributed by atoms with Crippen molar-refractivity contribution in [1.82, 2.24) is 9.78 Å². The van der Waals surface area contributed by atoms with Gasteiger partial charge >= 0.3 is 0 Å². The normalized spacial score (nSPS) is 11.6. The first-order valence-electron chi connectivity index (χ1n) is 10.4. The Hall–Kier alpha value is -3.17. The van der Waals surface area contributed by atoms with E-state index in [4.69, 9.17) is 9.84 Å². The van der Waals surface area contributed by atoms with E-state index in [1.54, 1.807) is 7.11 Å². The van der Waals surface area contributed by atoms with Crippen LogP contribution in [0, 0.1) is 13.8 Å². The summed E-state index contributed by atoms with van der Waals surface area (Å²) >= 11 is 0. The van der Waals surface area contributed by atoms with Crippen LogP contribution in [0.15, 0.2) is 91.0 Å². The van der Waals surface area contributed by atoms with Gasteiger partial charge in [-0.05, 0) is 42.5 Å². The van der Waals surface area contributed by atoms with Crippen LogP contribution >= 0.6 is 0 Å². The third-order valence-corrected chi connectivity index (χ3v) is 5.89. The zero-order valence-electron chi connectivity index (χ0n) is 17.9. The van der Waals surface area contributed by atoms with Gasteiger partial charge < -0.3 is 4.74 Å². The van der Waals surface area contributed by atoms with Crippen LogP contribution in [-0.2, 0) is 16.7 Å². The average molecular weight is 397 g/mol. The van der Waals surface area contributed by atoms with Gasteiger partial charge in [0.15, 0.2) is 0 Å². The van der Waals surface area contributed by atoms with Gasteiger partial charge in [-0.25, -0.2) is 4.68 Å². The lowest BCUT2D eigenvalue weighted by Crippen LogP contribution is -2.39. The lowest BCUT2D eigenvalue weighted by atomic mass is 9.77. The molecule has 4 aromatic rings. The van der Waals surface area contributed by atoms with Gasteiger partial charge in [0.2, 0.25) is 0 Å². The van der Waals surface area contributed by atoms with E-state index in [9.17, 15) is 0 Å². The standard InChI is InChI=1S/C27H28N2O/c1-21-26(19-20-30-3)22(2)29(28-21)27(23-13-7-4-8-14-23,24-15-9-5-10-16-24)25-17-11-6-12-18-25/h4-18H,19-20H2,1-3H3. The van der Waals surface area contributed by atoms with Gasteiger partial charge in [-0.3, -0.25) is 0 Å². The Bertz CT molecular complexity index is 989. The van der Waals surface area contributed by atoms with E-state index < -0.39 is 5.54 Å². The lowest BCUT2D eigenvalue weighted by Gasteiger charge is -2.37. The summed E-state index contributed by atoms with van der Waals surface area (Å²) in [5.41, 5.74) is 6.47. The smallest absolute Gasteiger partial charge is 0.138 e. The number of nitrogens with zero attached hydrogens (tertiary/aromatic N) is 2. The van der Waals surface area contributed by atoms with E-state index in [0.29, 0.717) is 6.61 Å². The highest BCUT2D eigenvalue weighted by atomic mass is 16.5. The molecule has 0 amide bonds. The fourth-order valence-electron chi connectivity index (χ4n) is 4.47. The summed E-state index contributed by atoms with van der Waals surface area (Å²) in [4.78, 5) is 0. The van der Waals surface area contributed by atoms with Crippen molar-refractivity contribution < 1.29 is 4.74 Å². The number of aromatic nitrogens is 2. The Balaban J connectivity index is 2.09. The number of rotatable bonds is 7. The molecule has 0 aliphatic rings. The van der Waals surface area contributed by atoms with Gasteiger partial charge in [-0.15, -0.1) is 0 Å². The number of benzene rings is 3. The molecule has 0 spiro atoms. The van der Waals surface area contributed by atoms with Crippen molar-refractivity contribution in [2.24, 2.45) is 0 Å². The van der Waals surface area contributed by atoms with Crippen molar-refractivity contribution in [2.75, 3.05) is 13.7 Å². The van der Waals surface area contributed by atoms with Crippen molar-refractivity contribution >= 4 is 0 Å². The molecule has 0 saturated heterocycles. The molecule has 0 saturated carbocycles. The Morgan fingerprint density at radius 1 is 0.733 bits per heavy atom. The first-order valence-corrected chi connectivity index (χ1v) is 10.4. The van der Waals surface area contributed by atoms with Crippen LogP contribution in [0.25, 0.3) is 0 Å². The van der Waals surface area contributed by atoms with Crippen LogP contribution in [0.1, 0.15) is 33.6 Å². The highest BCUT2D eigenvalue weighted by Gasteiger charge is 2.40. The van der Waals surface area contributed by atoms with E-state index in [-0.39, 0.29) is 0 Å². The van der Waals surface area contributed by atoms with Crippen molar-refractivity contribution in [2.45, 2.75) is 25.8 Å². The van der Waals surface area contributed by atoms with Crippen molar-refractivity contribution in [3.8, 4) is 0 Å². The van der Waals surface area contributed by atoms with Gasteiger partial charge in [0.1, 0.15) is 5.54 Å². The minimum Gasteiger partial charge on any atom is -0.384 e. The van der Waals surface area contributed by atoms with Crippen LogP contribution in [-0.4, -0.2) is 23.5 Å². The van der Waals surface area contributed by atoms with Crippen molar-refractivity contribution in [3.05, 3.63) is 125 Å². The largest absolute Gasteiger partial charge is 0.384 e. The van der Waals surface area contributed by atoms with Crippen LogP contribution in [0.3, 0.4) is 0 Å². The summed E-state index contributed by atoms with van der Waals surface area (Å²) < 4.78 is 7.58. The second kappa shape index (κ2) is 8.68. The summed E-state index contributed by atoms with van der Waals surface area (Å²) in [6.07, 6.45) is 0.850. The predicted molar refractivity (Wildman–Crippen MR) is 122 cm³/mol. The summed E-state index contributed by atoms with van der Waals surface area (Å²) in [6.45, 7) is 4.96. The summed E-state index contributed by atoms with van der Waals surface area (Å²) in [7, 11) is 1.75. The molecule has 0 fully saturated rings. The van der Waals surface area contributed by atoms with E-state index >= 15 is 0 Å². The molecule has 0 bridgehead atoms. The molecule has 3 heteroatoms. The summed E-state index contributed by atoms with van der Waals surface area (Å²) in [5, 5.41) is 5.13. The molecule has 1 aromatic heterocycles. The van der Waals surface area contributed by atoms with Gasteiger partial charge in [0, 0.05) is 12.8 Å². The molecule has 30 heavy (non-hydrogen) atoms. The van der Waals surface area contributed by atoms with Crippen LogP contribution in [0.4, 0.5) is 0 Å². The van der Waals surface area contributed by atoms with E-state index in [1.807, 2.05) is 0 Å². The highest BCUT2D eigenvalue weighted by Crippen LogP contribution is 2.41. The molecule has 0 N–H and O–H groups in total. The zero-order valence-corrected chi connectivity index (χ0v) is 17.9. The molecular formula is C27H28N2O. The Morgan fingerprint density at radius 3 is 1.57 bits per heavy atom. The quantitative estimate of drug-likeness (QED) is 0.384. The third-order valence-electron chi connectivity index (χ3n) is 5.89. The zero-order chi connectivity index (χ0) is 21.0. The third kappa shape index (κ3) is 3.35. The highest BCUT2D eigenvalue weighted by molar-refractivity contribution is 5.51. The van der Waals surface area contributed by atoms with Crippen LogP contribution in [0.2, 0.25) is 0 Å². The van der Waals surface area contributed by atoms with Crippen molar-refractivity contribution in [1.29, 1.82) is 0 Å². The van der Waals surface area contributed by atoms with Crippen LogP contribution < -0.4 is 0 Å². The summed E-state index contributed by atoms with van der Waals surface area (Å²) in [6, 6.07) is 32.0. The molecular weight excluding hydrogens is 368 g/mol. The average Bonchev–Trinajstić information content (AvgIpc) is 3.09. The van der Waals surface area contributed by atoms with Gasteiger partial charge in [0.25, 0.3) is 0 Å². The Morgan fingerprint density at radius 2 is 1.17 bits per heavy atom. The second-order valence-corrected chi connectivity index (χ2v) is 7.61. The molecule has 0 aliphatic carbocycles. The summed E-state index contributed by atoms with van der Waals surface area (Å²) in [5.74, 6) is 0. The minimum absolute atomic E-state index is 0.566. The molecule has 3 aromatic carbocycles. The van der Waals surface area contributed by atoms with E-state index in [2.05, 4.69) is 110 Å². The Kier molecular flexibility index (Phi) is 5.82. The minimum atomic E-state index is -0.566. The molecule has 4 rings (SSSR count). The maximum Gasteiger partial charge on any atom is 0.138 e. The first-order chi connectivity index (χ1) is 14.7. The van der Waals surface area contributed by atoms with E-state index in [0.717, 1.165) is 12.1 Å². The first kappa shape index (κ1) is 20.1. The molecule has 1 heterocycles. The number of aryl methyl sites for hydroxylation is 1. The second-order valence-electron chi connectivity index (χ2n) is 7.61. The maximum atomic E-state index is 5.37. The van der Waals surface area contributed by atoms with Gasteiger partial charge in [0.05, 0.1) is 12.3 Å². The van der Waals surface area contributed by atoms with Crippen molar-refractivity contribution in [3.63, 3.8) is 0 Å². The predicted octanol–water partition coefficient (Wildman–Crippen LogP) is 5.53. The molecule has 0 atom stereocenters. The molecule has 152 valence electrons.